The van der Waals surface area contributed by atoms with Gasteiger partial charge in [0.15, 0.2) is 0 Å². The van der Waals surface area contributed by atoms with E-state index < -0.39 is 76.4 Å². The Morgan fingerprint density at radius 1 is 0.302 bits per heavy atom. The minimum absolute atomic E-state index is 0. The van der Waals surface area contributed by atoms with Gasteiger partial charge in [-0.3, -0.25) is 54.6 Å². The molecule has 0 atom stereocenters. The Morgan fingerprint density at radius 3 is 0.881 bits per heavy atom. The van der Waals surface area contributed by atoms with Crippen molar-refractivity contribution in [3.63, 3.8) is 0 Å². The number of nitrogens with zero attached hydrogens (tertiary/aromatic N) is 14. The molecule has 0 bridgehead atoms. The largest absolute Gasteiger partial charge is 0.573 e. The summed E-state index contributed by atoms with van der Waals surface area (Å²) in [5.41, 5.74) is 6.02. The molecule has 6 aromatic carbocycles. The number of aromatic carboxylic acids is 1. The zero-order valence-corrected chi connectivity index (χ0v) is 77.7. The molecule has 0 saturated carbocycles. The zero-order valence-electron chi connectivity index (χ0n) is 63.3. The molecule has 658 valence electrons. The van der Waals surface area contributed by atoms with Gasteiger partial charge in [-0.1, -0.05) is 143 Å². The molecule has 17 rings (SSSR count). The van der Waals surface area contributed by atoms with Crippen LogP contribution in [-0.4, -0.2) is 71.1 Å². The average Bonchev–Trinajstić information content (AvgIpc) is 1.73. The van der Waals surface area contributed by atoms with Crippen LogP contribution in [-0.2, 0) is 133 Å². The summed E-state index contributed by atoms with van der Waals surface area (Å²) in [5.74, 6) is -7.78. The molecular weight excluding hydrogens is 2740 g/mol. The van der Waals surface area contributed by atoms with Crippen LogP contribution >= 0.6 is 0 Å². The monoisotopic (exact) mass is 2790 g/mol. The van der Waals surface area contributed by atoms with E-state index in [-0.39, 0.29) is 172 Å². The zero-order chi connectivity index (χ0) is 85.7. The maximum Gasteiger partial charge on any atom is 0.431 e. The number of alkyl halides is 6. The van der Waals surface area contributed by atoms with Gasteiger partial charge in [0.2, 0.25) is 0 Å². The third-order valence-corrected chi connectivity index (χ3v) is 14.7. The van der Waals surface area contributed by atoms with Gasteiger partial charge in [-0.2, -0.15) is 26.3 Å². The molecule has 0 aliphatic heterocycles. The second kappa shape index (κ2) is 56.3. The summed E-state index contributed by atoms with van der Waals surface area (Å²) in [6.07, 6.45) is 5.03. The molecule has 0 aliphatic carbocycles. The molecule has 0 fully saturated rings. The van der Waals surface area contributed by atoms with E-state index >= 15 is 0 Å². The predicted molar refractivity (Wildman–Crippen MR) is 411 cm³/mol. The molecule has 0 unspecified atom stereocenters. The van der Waals surface area contributed by atoms with Gasteiger partial charge < -0.3 is 55.3 Å². The van der Waals surface area contributed by atoms with Gasteiger partial charge in [-0.05, 0) is 119 Å². The number of halogens is 15. The van der Waals surface area contributed by atoms with Crippen LogP contribution < -0.4 is 10.2 Å². The number of hydrogen-bond donors (Lipinski definition) is 1. The third-order valence-electron chi connectivity index (χ3n) is 14.7. The van der Waals surface area contributed by atoms with E-state index in [2.05, 4.69) is 107 Å². The van der Waals surface area contributed by atoms with Crippen LogP contribution in [0.2, 0.25) is 0 Å². The molecule has 11 aromatic heterocycles. The van der Waals surface area contributed by atoms with Gasteiger partial charge in [-0.25, -0.2) is 9.78 Å². The first-order valence-corrected chi connectivity index (χ1v) is 34.4. The SMILES string of the molecule is FC(F)(F)c1cc(-c2ccccn2)[n-]n1.FC(F)(F)c1n[n-]c(-c2ccccn2)n1.Fc1c[c-]c(-c2ccccn2)c(F)c1.Fc1c[c-]c(-c2ccccn2)c(F)c1.Fc1c[c-]c(-c2ccccn2)c(F)c1.Fc1c[c-]c(-c2ccccn2)c(F)c1.Fc1c[c-]c(-c2ccccn2)cc1.O=C(O)c1ccccn1.[Ir].[Ir].[Ir].[Ir].[Ir].[Ir].[c-]1ccccc1-c1ccccn1. The second-order valence-electron chi connectivity index (χ2n) is 23.2. The molecule has 6 radical (unpaired) electrons. The number of rotatable bonds is 9. The summed E-state index contributed by atoms with van der Waals surface area (Å²) in [6.45, 7) is 0. The van der Waals surface area contributed by atoms with E-state index in [4.69, 9.17) is 5.11 Å². The van der Waals surface area contributed by atoms with Crippen LogP contribution in [0.1, 0.15) is 22.0 Å². The quantitative estimate of drug-likeness (QED) is 0.105. The molecule has 0 aliphatic rings. The van der Waals surface area contributed by atoms with Crippen molar-refractivity contribution < 1.29 is 196 Å². The Labute approximate surface area is 791 Å². The molecule has 37 heteroatoms. The fraction of sp³-hybridized carbons (Fsp3) is 0.0225. The number of carbonyl (C=O) groups is 1. The van der Waals surface area contributed by atoms with Gasteiger partial charge in [-0.15, -0.1) is 114 Å². The van der Waals surface area contributed by atoms with Crippen molar-refractivity contribution in [1.29, 1.82) is 0 Å². The van der Waals surface area contributed by atoms with Crippen LogP contribution in [0.4, 0.5) is 65.9 Å². The summed E-state index contributed by atoms with van der Waals surface area (Å²) in [7, 11) is 0. The number of carboxylic acid groups (broad SMARTS) is 1. The van der Waals surface area contributed by atoms with E-state index in [1.165, 1.54) is 42.9 Å². The summed E-state index contributed by atoms with van der Waals surface area (Å²) >= 11 is 0. The minimum atomic E-state index is -4.57. The molecule has 16 nitrogen and oxygen atoms in total. The Hall–Kier alpha value is -11.7. The van der Waals surface area contributed by atoms with Gasteiger partial charge in [0.05, 0.1) is 5.69 Å². The van der Waals surface area contributed by atoms with Crippen molar-refractivity contribution in [2.75, 3.05) is 0 Å². The first kappa shape index (κ1) is 109. The predicted octanol–water partition coefficient (Wildman–Crippen LogP) is 20.9. The summed E-state index contributed by atoms with van der Waals surface area (Å²) < 4.78 is 189. The van der Waals surface area contributed by atoms with Crippen molar-refractivity contribution in [3.8, 4) is 90.5 Å². The number of aromatic nitrogens is 14. The van der Waals surface area contributed by atoms with Gasteiger partial charge in [0.1, 0.15) is 17.2 Å². The number of pyridine rings is 9. The minimum Gasteiger partial charge on any atom is -0.573 e. The molecule has 0 saturated heterocycles. The van der Waals surface area contributed by atoms with Crippen LogP contribution in [0, 0.1) is 88.8 Å². The first-order valence-electron chi connectivity index (χ1n) is 34.4. The van der Waals surface area contributed by atoms with Gasteiger partial charge >= 0.3 is 18.3 Å². The van der Waals surface area contributed by atoms with E-state index in [1.807, 2.05) is 60.7 Å². The summed E-state index contributed by atoms with van der Waals surface area (Å²) in [4.78, 5) is 48.8. The Balaban J connectivity index is 0.000000364. The van der Waals surface area contributed by atoms with Crippen molar-refractivity contribution >= 4 is 5.97 Å². The molecule has 0 spiro atoms. The number of benzene rings is 6. The van der Waals surface area contributed by atoms with Crippen molar-refractivity contribution in [2.24, 2.45) is 0 Å². The topological polar surface area (TPSA) is 220 Å². The third kappa shape index (κ3) is 36.1. The van der Waals surface area contributed by atoms with E-state index in [1.54, 1.807) is 159 Å². The maximum absolute atomic E-state index is 13.2. The van der Waals surface area contributed by atoms with Crippen molar-refractivity contribution in [1.82, 2.24) is 70.2 Å². The van der Waals surface area contributed by atoms with Crippen molar-refractivity contribution in [2.45, 2.75) is 12.4 Å². The van der Waals surface area contributed by atoms with E-state index in [0.29, 0.717) is 28.5 Å². The average molecular weight is 2790 g/mol. The molecular formula is C89H53F15Ir6N14O2-8. The molecule has 1 N–H and O–H groups in total. The van der Waals surface area contributed by atoms with Gasteiger partial charge in [0, 0.05) is 234 Å². The molecule has 17 aromatic rings. The Morgan fingerprint density at radius 2 is 0.619 bits per heavy atom. The molecule has 126 heavy (non-hydrogen) atoms. The Bertz CT molecular complexity index is 5460. The standard InChI is InChI=1S/4C11H6F2N.C11H7FN.C11H8N.C9H5F3N3.C8H4F3N4.C6H5NO2.6Ir/c4*12-8-4-5-9(10(13)7-8)11-3-1-2-6-14-11;12-10-6-4-9(5-7-10)11-3-1-2-8-13-11;1-2-6-10(7-3-1)11-8-4-5-9-12-11;10-9(11,12)8-5-7(14-15-8)6-3-1-2-4-13-6;9-8(10,11)7-13-6(14-15-7)5-3-1-2-4-12-5;8-6(9)5-3-1-2-4-7-5;;;;;;/h4*1-4,6-7H;1-4,6-8H;1-6,8-9H;1-5H;1-4H;1-4H,(H,8,9);;;;;;/q8*-1;;;;;;;. The fourth-order valence-corrected chi connectivity index (χ4v) is 9.30. The van der Waals surface area contributed by atoms with E-state index in [9.17, 15) is 70.7 Å². The Kier molecular flexibility index (Phi) is 48.5. The van der Waals surface area contributed by atoms with E-state index in [0.717, 1.165) is 77.1 Å². The molecule has 0 amide bonds. The summed E-state index contributed by atoms with van der Waals surface area (Å²) in [5, 5.41) is 21.0. The summed E-state index contributed by atoms with van der Waals surface area (Å²) in [6, 6.07) is 83.0. The van der Waals surface area contributed by atoms with Crippen LogP contribution in [0.25, 0.3) is 90.5 Å². The number of carboxylic acids is 1. The smallest absolute Gasteiger partial charge is 0.431 e. The second-order valence-corrected chi connectivity index (χ2v) is 23.2. The van der Waals surface area contributed by atoms with Crippen LogP contribution in [0.15, 0.2) is 317 Å². The fourth-order valence-electron chi connectivity index (χ4n) is 9.30. The first-order chi connectivity index (χ1) is 57.9. The van der Waals surface area contributed by atoms with Crippen LogP contribution in [0.5, 0.6) is 0 Å². The van der Waals surface area contributed by atoms with Crippen LogP contribution in [0.3, 0.4) is 0 Å². The normalized spacial score (nSPS) is 9.87. The van der Waals surface area contributed by atoms with Crippen molar-refractivity contribution in [3.05, 3.63) is 423 Å². The maximum atomic E-state index is 13.2. The number of hydrogen-bond acceptors (Lipinski definition) is 13. The molecule has 11 heterocycles. The van der Waals surface area contributed by atoms with Gasteiger partial charge in [0.25, 0.3) is 0 Å².